The van der Waals surface area contributed by atoms with Crippen molar-refractivity contribution in [3.63, 3.8) is 0 Å². The largest absolute Gasteiger partial charge is 0.396 e. The van der Waals surface area contributed by atoms with E-state index in [1.54, 1.807) is 24.3 Å². The summed E-state index contributed by atoms with van der Waals surface area (Å²) < 4.78 is 0. The number of aliphatic hydroxyl groups is 1. The minimum Gasteiger partial charge on any atom is -0.396 e. The summed E-state index contributed by atoms with van der Waals surface area (Å²) in [5.41, 5.74) is 0.479. The summed E-state index contributed by atoms with van der Waals surface area (Å²) in [7, 11) is 0. The molecule has 1 saturated carbocycles. The minimum absolute atomic E-state index is 0.0189. The van der Waals surface area contributed by atoms with Crippen molar-refractivity contribution in [2.75, 3.05) is 11.9 Å². The first-order valence-electron chi connectivity index (χ1n) is 7.58. The molecule has 0 aliphatic heterocycles. The number of anilines is 1. The van der Waals surface area contributed by atoms with Crippen LogP contribution in [-0.4, -0.2) is 29.6 Å². The lowest BCUT2D eigenvalue weighted by Crippen LogP contribution is -2.45. The summed E-state index contributed by atoms with van der Waals surface area (Å²) in [4.78, 5) is 24.0. The molecule has 22 heavy (non-hydrogen) atoms. The van der Waals surface area contributed by atoms with Crippen LogP contribution in [0, 0.1) is 5.92 Å². The van der Waals surface area contributed by atoms with Gasteiger partial charge in [0.25, 0.3) is 0 Å². The van der Waals surface area contributed by atoms with Crippen LogP contribution in [0.5, 0.6) is 0 Å². The number of hydrogen-bond donors (Lipinski definition) is 3. The van der Waals surface area contributed by atoms with E-state index >= 15 is 0 Å². The Hall–Kier alpha value is -1.59. The van der Waals surface area contributed by atoms with Crippen LogP contribution >= 0.6 is 11.6 Å². The molecule has 0 bridgehead atoms. The van der Waals surface area contributed by atoms with Crippen molar-refractivity contribution in [1.82, 2.24) is 5.32 Å². The molecule has 1 fully saturated rings. The van der Waals surface area contributed by atoms with Gasteiger partial charge in [0.15, 0.2) is 0 Å². The predicted octanol–water partition coefficient (Wildman–Crippen LogP) is 2.34. The number of rotatable bonds is 3. The van der Waals surface area contributed by atoms with E-state index in [0.29, 0.717) is 10.7 Å². The van der Waals surface area contributed by atoms with Gasteiger partial charge in [-0.3, -0.25) is 9.59 Å². The first-order valence-corrected chi connectivity index (χ1v) is 7.96. The van der Waals surface area contributed by atoms with Gasteiger partial charge in [-0.25, -0.2) is 0 Å². The lowest BCUT2D eigenvalue weighted by atomic mass is 9.95. The van der Waals surface area contributed by atoms with Crippen LogP contribution in [0.3, 0.4) is 0 Å². The van der Waals surface area contributed by atoms with Crippen molar-refractivity contribution in [2.24, 2.45) is 5.92 Å². The van der Waals surface area contributed by atoms with E-state index in [1.807, 2.05) is 0 Å². The number of benzene rings is 1. The van der Waals surface area contributed by atoms with E-state index in [9.17, 15) is 14.7 Å². The highest BCUT2D eigenvalue weighted by molar-refractivity contribution is 6.40. The molecule has 6 heteroatoms. The molecule has 0 heterocycles. The molecule has 2 atom stereocenters. The lowest BCUT2D eigenvalue weighted by molar-refractivity contribution is -0.137. The molecule has 0 saturated heterocycles. The number of aliphatic hydroxyl groups excluding tert-OH is 1. The molecule has 0 radical (unpaired) electrons. The first-order chi connectivity index (χ1) is 10.6. The summed E-state index contributed by atoms with van der Waals surface area (Å²) in [6.45, 7) is 0.0286. The van der Waals surface area contributed by atoms with Crippen molar-refractivity contribution in [3.8, 4) is 0 Å². The van der Waals surface area contributed by atoms with Gasteiger partial charge in [-0.1, -0.05) is 36.9 Å². The van der Waals surface area contributed by atoms with Gasteiger partial charge in [-0.05, 0) is 31.0 Å². The zero-order chi connectivity index (χ0) is 15.9. The fourth-order valence-electron chi connectivity index (χ4n) is 2.78. The van der Waals surface area contributed by atoms with E-state index in [4.69, 9.17) is 11.6 Å². The first kappa shape index (κ1) is 16.8. The van der Waals surface area contributed by atoms with Crippen molar-refractivity contribution < 1.29 is 14.7 Å². The average molecular weight is 325 g/mol. The fraction of sp³-hybridized carbons (Fsp3) is 0.500. The number of amides is 2. The summed E-state index contributed by atoms with van der Waals surface area (Å²) >= 11 is 5.84. The minimum atomic E-state index is -0.719. The molecule has 1 aliphatic rings. The number of hydrogen-bond acceptors (Lipinski definition) is 3. The van der Waals surface area contributed by atoms with E-state index in [0.717, 1.165) is 32.1 Å². The van der Waals surface area contributed by atoms with Gasteiger partial charge in [0.1, 0.15) is 0 Å². The second-order valence-electron chi connectivity index (χ2n) is 5.63. The zero-order valence-electron chi connectivity index (χ0n) is 12.3. The van der Waals surface area contributed by atoms with Gasteiger partial charge in [-0.15, -0.1) is 0 Å². The third-order valence-corrected chi connectivity index (χ3v) is 4.23. The number of halogens is 1. The SMILES string of the molecule is O=C(Nc1cccc(Cl)c1)C(=O)NC1CCCCCC1CO. The normalized spacial score (nSPS) is 21.7. The molecule has 2 amide bonds. The topological polar surface area (TPSA) is 78.4 Å². The molecule has 0 spiro atoms. The molecule has 0 aromatic heterocycles. The monoisotopic (exact) mass is 324 g/mol. The Morgan fingerprint density at radius 2 is 1.95 bits per heavy atom. The van der Waals surface area contributed by atoms with E-state index < -0.39 is 11.8 Å². The van der Waals surface area contributed by atoms with Crippen LogP contribution in [0.2, 0.25) is 5.02 Å². The van der Waals surface area contributed by atoms with Crippen LogP contribution in [0.1, 0.15) is 32.1 Å². The van der Waals surface area contributed by atoms with Crippen molar-refractivity contribution >= 4 is 29.1 Å². The molecule has 2 rings (SSSR count). The van der Waals surface area contributed by atoms with Crippen LogP contribution in [0.4, 0.5) is 5.69 Å². The number of carbonyl (C=O) groups is 2. The van der Waals surface area contributed by atoms with E-state index in [1.165, 1.54) is 0 Å². The lowest BCUT2D eigenvalue weighted by Gasteiger charge is -2.24. The standard InChI is InChI=1S/C16H21ClN2O3/c17-12-6-4-7-13(9-12)18-15(21)16(22)19-14-8-3-1-2-5-11(14)10-20/h4,6-7,9,11,14,20H,1-3,5,8,10H2,(H,18,21)(H,19,22). The fourth-order valence-corrected chi connectivity index (χ4v) is 2.97. The Labute approximate surface area is 135 Å². The Morgan fingerprint density at radius 3 is 2.68 bits per heavy atom. The third kappa shape index (κ3) is 4.71. The van der Waals surface area contributed by atoms with Gasteiger partial charge < -0.3 is 15.7 Å². The van der Waals surface area contributed by atoms with Gasteiger partial charge in [-0.2, -0.15) is 0 Å². The quantitative estimate of drug-likeness (QED) is 0.590. The zero-order valence-corrected chi connectivity index (χ0v) is 13.1. The average Bonchev–Trinajstić information content (AvgIpc) is 2.72. The van der Waals surface area contributed by atoms with Crippen LogP contribution in [0.25, 0.3) is 0 Å². The molecule has 3 N–H and O–H groups in total. The van der Waals surface area contributed by atoms with Crippen LogP contribution in [-0.2, 0) is 9.59 Å². The highest BCUT2D eigenvalue weighted by Crippen LogP contribution is 2.23. The Bertz CT molecular complexity index is 536. The molecule has 120 valence electrons. The van der Waals surface area contributed by atoms with Gasteiger partial charge >= 0.3 is 11.8 Å². The Kier molecular flexibility index (Phi) is 6.21. The highest BCUT2D eigenvalue weighted by atomic mass is 35.5. The Balaban J connectivity index is 1.93. The predicted molar refractivity (Wildman–Crippen MR) is 85.7 cm³/mol. The molecular formula is C16H21ClN2O3. The van der Waals surface area contributed by atoms with Crippen molar-refractivity contribution in [3.05, 3.63) is 29.3 Å². The summed E-state index contributed by atoms with van der Waals surface area (Å²) in [5.74, 6) is -1.38. The van der Waals surface area contributed by atoms with Gasteiger partial charge in [0.05, 0.1) is 0 Å². The molecule has 1 aromatic rings. The molecule has 2 unspecified atom stereocenters. The maximum atomic E-state index is 12.0. The summed E-state index contributed by atoms with van der Waals surface area (Å²) in [6, 6.07) is 6.48. The third-order valence-electron chi connectivity index (χ3n) is 4.00. The Morgan fingerprint density at radius 1 is 1.18 bits per heavy atom. The molecule has 5 nitrogen and oxygen atoms in total. The summed E-state index contributed by atoms with van der Waals surface area (Å²) in [6.07, 6.45) is 4.81. The van der Waals surface area contributed by atoms with E-state index in [2.05, 4.69) is 10.6 Å². The van der Waals surface area contributed by atoms with Crippen LogP contribution < -0.4 is 10.6 Å². The second kappa shape index (κ2) is 8.15. The smallest absolute Gasteiger partial charge is 0.313 e. The maximum absolute atomic E-state index is 12.0. The summed E-state index contributed by atoms with van der Waals surface area (Å²) in [5, 5.41) is 15.2. The van der Waals surface area contributed by atoms with Crippen molar-refractivity contribution in [2.45, 2.75) is 38.1 Å². The van der Waals surface area contributed by atoms with Gasteiger partial charge in [0.2, 0.25) is 0 Å². The number of nitrogens with one attached hydrogen (secondary N) is 2. The van der Waals surface area contributed by atoms with Crippen molar-refractivity contribution in [1.29, 1.82) is 0 Å². The molecule has 1 aliphatic carbocycles. The van der Waals surface area contributed by atoms with Crippen LogP contribution in [0.15, 0.2) is 24.3 Å². The second-order valence-corrected chi connectivity index (χ2v) is 6.06. The highest BCUT2D eigenvalue weighted by Gasteiger charge is 2.26. The van der Waals surface area contributed by atoms with Gasteiger partial charge in [0, 0.05) is 29.3 Å². The van der Waals surface area contributed by atoms with E-state index in [-0.39, 0.29) is 18.6 Å². The maximum Gasteiger partial charge on any atom is 0.313 e. The molecule has 1 aromatic carbocycles. The number of carbonyl (C=O) groups excluding carboxylic acids is 2. The molecular weight excluding hydrogens is 304 g/mol.